The van der Waals surface area contributed by atoms with Crippen molar-refractivity contribution in [3.63, 3.8) is 0 Å². The summed E-state index contributed by atoms with van der Waals surface area (Å²) in [5.41, 5.74) is 0.650. The number of hydrogen-bond donors (Lipinski definition) is 1. The summed E-state index contributed by atoms with van der Waals surface area (Å²) in [7, 11) is 1.43. The highest BCUT2D eigenvalue weighted by Crippen LogP contribution is 2.17. The average Bonchev–Trinajstić information content (AvgIpc) is 2.39. The fourth-order valence-corrected chi connectivity index (χ4v) is 1.48. The van der Waals surface area contributed by atoms with Gasteiger partial charge < -0.3 is 14.9 Å². The van der Waals surface area contributed by atoms with E-state index in [1.165, 1.54) is 7.05 Å². The van der Waals surface area contributed by atoms with E-state index in [9.17, 15) is 9.59 Å². The molecule has 0 fully saturated rings. The van der Waals surface area contributed by atoms with Crippen molar-refractivity contribution < 1.29 is 19.2 Å². The van der Waals surface area contributed by atoms with Crippen LogP contribution in [0.4, 0.5) is 9.59 Å². The Morgan fingerprint density at radius 3 is 2.63 bits per heavy atom. The minimum Gasteiger partial charge on any atom is -0.433 e. The van der Waals surface area contributed by atoms with Crippen molar-refractivity contribution in [1.82, 2.24) is 10.4 Å². The van der Waals surface area contributed by atoms with E-state index in [0.717, 1.165) is 5.06 Å². The third-order valence-electron chi connectivity index (χ3n) is 2.16. The Morgan fingerprint density at radius 1 is 1.37 bits per heavy atom. The molecule has 0 aliphatic heterocycles. The lowest BCUT2D eigenvalue weighted by Crippen LogP contribution is -2.39. The van der Waals surface area contributed by atoms with Crippen LogP contribution in [0, 0.1) is 0 Å². The highest BCUT2D eigenvalue weighted by molar-refractivity contribution is 6.31. The zero-order valence-electron chi connectivity index (χ0n) is 10.7. The summed E-state index contributed by atoms with van der Waals surface area (Å²) in [6.07, 6.45) is -0.946. The maximum absolute atomic E-state index is 11.6. The lowest BCUT2D eigenvalue weighted by atomic mass is 10.2. The molecule has 0 unspecified atom stereocenters. The Balaban J connectivity index is 2.78. The van der Waals surface area contributed by atoms with Crippen LogP contribution in [0.2, 0.25) is 5.02 Å². The summed E-state index contributed by atoms with van der Waals surface area (Å²) in [6.45, 7) is 1.82. The molecule has 1 rings (SSSR count). The van der Waals surface area contributed by atoms with E-state index >= 15 is 0 Å². The largest absolute Gasteiger partial charge is 0.533 e. The van der Waals surface area contributed by atoms with Crippen LogP contribution in [0.5, 0.6) is 0 Å². The first kappa shape index (κ1) is 15.1. The molecule has 1 aromatic rings. The third-order valence-corrected chi connectivity index (χ3v) is 2.53. The second kappa shape index (κ2) is 7.48. The highest BCUT2D eigenvalue weighted by atomic mass is 35.5. The van der Waals surface area contributed by atoms with Gasteiger partial charge in [-0.25, -0.2) is 9.59 Å². The van der Waals surface area contributed by atoms with Crippen LogP contribution in [-0.2, 0) is 16.1 Å². The highest BCUT2D eigenvalue weighted by Gasteiger charge is 2.19. The number of rotatable bonds is 3. The average molecular weight is 287 g/mol. The summed E-state index contributed by atoms with van der Waals surface area (Å²) in [5.74, 6) is 0. The van der Waals surface area contributed by atoms with Crippen molar-refractivity contribution in [1.29, 1.82) is 0 Å². The maximum atomic E-state index is 11.6. The Bertz CT molecular complexity index is 453. The number of halogens is 1. The van der Waals surface area contributed by atoms with Gasteiger partial charge in [-0.1, -0.05) is 29.8 Å². The first-order chi connectivity index (χ1) is 9.08. The van der Waals surface area contributed by atoms with E-state index in [2.05, 4.69) is 10.1 Å². The van der Waals surface area contributed by atoms with Crippen molar-refractivity contribution in [3.8, 4) is 0 Å². The number of nitrogens with zero attached hydrogens (tertiary/aromatic N) is 1. The fraction of sp³-hybridized carbons (Fsp3) is 0.333. The molecule has 0 saturated heterocycles. The summed E-state index contributed by atoms with van der Waals surface area (Å²) >= 11 is 5.98. The Kier molecular flexibility index (Phi) is 5.95. The van der Waals surface area contributed by atoms with Gasteiger partial charge in [0, 0.05) is 12.1 Å². The van der Waals surface area contributed by atoms with E-state index in [0.29, 0.717) is 10.6 Å². The second-order valence-electron chi connectivity index (χ2n) is 3.46. The van der Waals surface area contributed by atoms with E-state index in [4.69, 9.17) is 16.4 Å². The molecule has 19 heavy (non-hydrogen) atoms. The number of hydrogen-bond acceptors (Lipinski definition) is 4. The monoisotopic (exact) mass is 286 g/mol. The van der Waals surface area contributed by atoms with Gasteiger partial charge in [0.1, 0.15) is 0 Å². The van der Waals surface area contributed by atoms with Crippen LogP contribution in [0.1, 0.15) is 12.5 Å². The number of ether oxygens (including phenoxy) is 1. The number of carbonyl (C=O) groups excluding carboxylic acids is 2. The number of urea groups is 1. The molecule has 0 aliphatic rings. The Morgan fingerprint density at radius 2 is 2.05 bits per heavy atom. The molecule has 7 heteroatoms. The molecule has 0 radical (unpaired) electrons. The van der Waals surface area contributed by atoms with Crippen molar-refractivity contribution in [2.24, 2.45) is 0 Å². The second-order valence-corrected chi connectivity index (χ2v) is 3.86. The van der Waals surface area contributed by atoms with E-state index in [1.54, 1.807) is 31.2 Å². The summed E-state index contributed by atoms with van der Waals surface area (Å²) in [4.78, 5) is 27.7. The number of nitrogens with one attached hydrogen (secondary N) is 1. The van der Waals surface area contributed by atoms with Crippen molar-refractivity contribution >= 4 is 23.8 Å². The molecular weight excluding hydrogens is 272 g/mol. The van der Waals surface area contributed by atoms with Crippen LogP contribution in [-0.4, -0.2) is 30.9 Å². The van der Waals surface area contributed by atoms with Gasteiger partial charge in [-0.2, -0.15) is 0 Å². The van der Waals surface area contributed by atoms with Crippen LogP contribution in [0.15, 0.2) is 24.3 Å². The van der Waals surface area contributed by atoms with Crippen LogP contribution < -0.4 is 5.32 Å². The van der Waals surface area contributed by atoms with Gasteiger partial charge >= 0.3 is 12.2 Å². The van der Waals surface area contributed by atoms with E-state index in [1.807, 2.05) is 0 Å². The summed E-state index contributed by atoms with van der Waals surface area (Å²) < 4.78 is 4.62. The predicted molar refractivity (Wildman–Crippen MR) is 69.6 cm³/mol. The standard InChI is InChI=1S/C12H15ClN2O4/c1-3-18-12(17)19-15(11(16)14-2)8-9-6-4-5-7-10(9)13/h4-7H,3,8H2,1-2H3,(H,14,16). The molecule has 0 aromatic heterocycles. The molecule has 0 saturated carbocycles. The van der Waals surface area contributed by atoms with Crippen LogP contribution in [0.3, 0.4) is 0 Å². The lowest BCUT2D eigenvalue weighted by molar-refractivity contribution is -0.0961. The molecule has 0 spiro atoms. The van der Waals surface area contributed by atoms with E-state index in [-0.39, 0.29) is 13.2 Å². The third kappa shape index (κ3) is 4.67. The molecule has 0 aliphatic carbocycles. The Hall–Kier alpha value is -1.95. The molecule has 6 nitrogen and oxygen atoms in total. The van der Waals surface area contributed by atoms with Crippen LogP contribution in [0.25, 0.3) is 0 Å². The molecule has 104 valence electrons. The van der Waals surface area contributed by atoms with Crippen LogP contribution >= 0.6 is 11.6 Å². The number of carbonyl (C=O) groups is 2. The molecule has 2 amide bonds. The normalized spacial score (nSPS) is 9.63. The summed E-state index contributed by atoms with van der Waals surface area (Å²) in [6, 6.07) is 6.37. The minimum atomic E-state index is -0.946. The zero-order valence-corrected chi connectivity index (χ0v) is 11.4. The predicted octanol–water partition coefficient (Wildman–Crippen LogP) is 2.57. The van der Waals surface area contributed by atoms with Gasteiger partial charge in [0.05, 0.1) is 13.2 Å². The smallest absolute Gasteiger partial charge is 0.433 e. The topological polar surface area (TPSA) is 67.9 Å². The SMILES string of the molecule is CCOC(=O)ON(Cc1ccccc1Cl)C(=O)NC. The van der Waals surface area contributed by atoms with Gasteiger partial charge in [0.15, 0.2) is 0 Å². The molecule has 0 heterocycles. The lowest BCUT2D eigenvalue weighted by Gasteiger charge is -2.20. The zero-order chi connectivity index (χ0) is 14.3. The molecule has 0 atom stereocenters. The summed E-state index contributed by atoms with van der Waals surface area (Å²) in [5, 5.41) is 3.69. The molecule has 1 N–H and O–H groups in total. The first-order valence-corrected chi connectivity index (χ1v) is 6.03. The molecule has 0 bridgehead atoms. The van der Waals surface area contributed by atoms with Gasteiger partial charge in [0.25, 0.3) is 0 Å². The Labute approximate surface area is 116 Å². The number of amides is 2. The molecule has 1 aromatic carbocycles. The number of benzene rings is 1. The van der Waals surface area contributed by atoms with Crippen molar-refractivity contribution in [3.05, 3.63) is 34.9 Å². The number of hydroxylamine groups is 2. The quantitative estimate of drug-likeness (QED) is 0.685. The van der Waals surface area contributed by atoms with Gasteiger partial charge in [0.2, 0.25) is 0 Å². The van der Waals surface area contributed by atoms with Crippen molar-refractivity contribution in [2.75, 3.05) is 13.7 Å². The minimum absolute atomic E-state index is 0.0260. The van der Waals surface area contributed by atoms with Crippen molar-refractivity contribution in [2.45, 2.75) is 13.5 Å². The van der Waals surface area contributed by atoms with E-state index < -0.39 is 12.2 Å². The van der Waals surface area contributed by atoms with Gasteiger partial charge in [-0.15, -0.1) is 5.06 Å². The maximum Gasteiger partial charge on any atom is 0.533 e. The van der Waals surface area contributed by atoms with Gasteiger partial charge in [-0.05, 0) is 18.6 Å². The first-order valence-electron chi connectivity index (χ1n) is 5.65. The van der Waals surface area contributed by atoms with Gasteiger partial charge in [-0.3, -0.25) is 0 Å². The molecular formula is C12H15ClN2O4. The fourth-order valence-electron chi connectivity index (χ4n) is 1.29.